The first-order chi connectivity index (χ1) is 10.1. The molecule has 2 aliphatic rings. The van der Waals surface area contributed by atoms with E-state index in [1.54, 1.807) is 12.1 Å². The number of halogens is 2. The Morgan fingerprint density at radius 2 is 1.86 bits per heavy atom. The van der Waals surface area contributed by atoms with Gasteiger partial charge in [0.25, 0.3) is 0 Å². The maximum atomic E-state index is 14.0. The molecule has 1 heterocycles. The molecule has 116 valence electrons. The van der Waals surface area contributed by atoms with E-state index in [0.717, 1.165) is 38.8 Å². The maximum Gasteiger partial charge on any atom is 0.127 e. The Hall–Kier alpha value is -0.640. The van der Waals surface area contributed by atoms with Gasteiger partial charge in [-0.05, 0) is 56.5 Å². The number of likely N-dealkylation sites (tertiary alicyclic amines) is 1. The number of rotatable bonds is 4. The van der Waals surface area contributed by atoms with Gasteiger partial charge in [0.15, 0.2) is 0 Å². The average molecular weight is 312 g/mol. The summed E-state index contributed by atoms with van der Waals surface area (Å²) in [6, 6.07) is 4.73. The third kappa shape index (κ3) is 2.96. The molecule has 0 bridgehead atoms. The zero-order valence-corrected chi connectivity index (χ0v) is 13.1. The quantitative estimate of drug-likeness (QED) is 0.914. The van der Waals surface area contributed by atoms with Crippen LogP contribution in [0.3, 0.4) is 0 Å². The fourth-order valence-corrected chi connectivity index (χ4v) is 4.25. The Morgan fingerprint density at radius 1 is 1.19 bits per heavy atom. The molecule has 1 atom stereocenters. The van der Waals surface area contributed by atoms with Gasteiger partial charge >= 0.3 is 0 Å². The van der Waals surface area contributed by atoms with Crippen molar-refractivity contribution < 1.29 is 9.50 Å². The van der Waals surface area contributed by atoms with Gasteiger partial charge in [-0.2, -0.15) is 0 Å². The minimum absolute atomic E-state index is 0.136. The van der Waals surface area contributed by atoms with Crippen molar-refractivity contribution in [1.82, 2.24) is 4.90 Å². The van der Waals surface area contributed by atoms with Crippen molar-refractivity contribution >= 4 is 11.6 Å². The lowest BCUT2D eigenvalue weighted by Gasteiger charge is -2.42. The minimum atomic E-state index is -0.506. The van der Waals surface area contributed by atoms with Crippen molar-refractivity contribution in [3.63, 3.8) is 0 Å². The largest absolute Gasteiger partial charge is 0.391 e. The number of aliphatic hydroxyl groups excluding tert-OH is 1. The van der Waals surface area contributed by atoms with Crippen LogP contribution in [0.25, 0.3) is 0 Å². The lowest BCUT2D eigenvalue weighted by Crippen LogP contribution is -2.54. The number of nitrogens with zero attached hydrogens (tertiary/aromatic N) is 1. The van der Waals surface area contributed by atoms with Crippen molar-refractivity contribution in [2.45, 2.75) is 56.6 Å². The van der Waals surface area contributed by atoms with Gasteiger partial charge in [0, 0.05) is 17.0 Å². The number of aliphatic hydroxyl groups is 1. The Balaban J connectivity index is 1.79. The van der Waals surface area contributed by atoms with E-state index in [1.165, 1.54) is 18.9 Å². The van der Waals surface area contributed by atoms with Crippen LogP contribution in [0.4, 0.5) is 4.39 Å². The zero-order chi connectivity index (χ0) is 14.9. The van der Waals surface area contributed by atoms with Crippen LogP contribution in [-0.2, 0) is 6.42 Å². The van der Waals surface area contributed by atoms with Gasteiger partial charge in [-0.25, -0.2) is 4.39 Å². The lowest BCUT2D eigenvalue weighted by atomic mass is 9.84. The Bertz CT molecular complexity index is 496. The molecule has 2 fully saturated rings. The van der Waals surface area contributed by atoms with Crippen LogP contribution in [0.1, 0.15) is 44.1 Å². The second kappa shape index (κ2) is 6.23. The van der Waals surface area contributed by atoms with Gasteiger partial charge < -0.3 is 5.11 Å². The minimum Gasteiger partial charge on any atom is -0.391 e. The standard InChI is InChI=1S/C17H23ClFNO/c18-14-6-5-13(15(19)12-14)11-16(21)17(7-1-2-8-17)20-9-3-4-10-20/h5-6,12,16,21H,1-4,7-11H2. The highest BCUT2D eigenvalue weighted by Gasteiger charge is 2.46. The van der Waals surface area contributed by atoms with E-state index in [2.05, 4.69) is 4.90 Å². The van der Waals surface area contributed by atoms with E-state index >= 15 is 0 Å². The van der Waals surface area contributed by atoms with Gasteiger partial charge in [0.05, 0.1) is 6.10 Å². The van der Waals surface area contributed by atoms with Crippen molar-refractivity contribution in [3.8, 4) is 0 Å². The second-order valence-corrected chi connectivity index (χ2v) is 6.90. The molecule has 1 saturated heterocycles. The van der Waals surface area contributed by atoms with Gasteiger partial charge in [0.1, 0.15) is 5.82 Å². The topological polar surface area (TPSA) is 23.5 Å². The average Bonchev–Trinajstić information content (AvgIpc) is 3.11. The van der Waals surface area contributed by atoms with Gasteiger partial charge in [0.2, 0.25) is 0 Å². The van der Waals surface area contributed by atoms with Gasteiger partial charge in [-0.1, -0.05) is 30.5 Å². The number of benzene rings is 1. The summed E-state index contributed by atoms with van der Waals surface area (Å²) in [5.74, 6) is -0.309. The van der Waals surface area contributed by atoms with Crippen molar-refractivity contribution in [3.05, 3.63) is 34.6 Å². The van der Waals surface area contributed by atoms with E-state index in [1.807, 2.05) is 0 Å². The first-order valence-corrected chi connectivity index (χ1v) is 8.37. The smallest absolute Gasteiger partial charge is 0.127 e. The molecule has 1 unspecified atom stereocenters. The molecular weight excluding hydrogens is 289 g/mol. The van der Waals surface area contributed by atoms with Crippen molar-refractivity contribution in [1.29, 1.82) is 0 Å². The fourth-order valence-electron chi connectivity index (χ4n) is 4.10. The third-order valence-electron chi connectivity index (χ3n) is 5.25. The van der Waals surface area contributed by atoms with E-state index < -0.39 is 6.10 Å². The molecule has 0 radical (unpaired) electrons. The van der Waals surface area contributed by atoms with Crippen LogP contribution in [0.5, 0.6) is 0 Å². The Morgan fingerprint density at radius 3 is 2.48 bits per heavy atom. The number of hydrogen-bond donors (Lipinski definition) is 1. The summed E-state index contributed by atoms with van der Waals surface area (Å²) in [6.07, 6.45) is 6.68. The molecular formula is C17H23ClFNO. The molecule has 1 aliphatic carbocycles. The molecule has 4 heteroatoms. The van der Waals surface area contributed by atoms with E-state index in [-0.39, 0.29) is 11.4 Å². The van der Waals surface area contributed by atoms with Crippen LogP contribution >= 0.6 is 11.6 Å². The fraction of sp³-hybridized carbons (Fsp3) is 0.647. The van der Waals surface area contributed by atoms with Crippen LogP contribution in [0.15, 0.2) is 18.2 Å². The summed E-state index contributed by atoms with van der Waals surface area (Å²) in [7, 11) is 0. The highest BCUT2D eigenvalue weighted by Crippen LogP contribution is 2.41. The molecule has 0 spiro atoms. The van der Waals surface area contributed by atoms with Crippen LogP contribution in [0.2, 0.25) is 5.02 Å². The number of hydrogen-bond acceptors (Lipinski definition) is 2. The molecule has 21 heavy (non-hydrogen) atoms. The van der Waals surface area contributed by atoms with Crippen molar-refractivity contribution in [2.75, 3.05) is 13.1 Å². The zero-order valence-electron chi connectivity index (χ0n) is 12.3. The van der Waals surface area contributed by atoms with Crippen molar-refractivity contribution in [2.24, 2.45) is 0 Å². The first-order valence-electron chi connectivity index (χ1n) is 7.99. The predicted molar refractivity (Wildman–Crippen MR) is 83.1 cm³/mol. The van der Waals surface area contributed by atoms with E-state index in [4.69, 9.17) is 11.6 Å². The molecule has 0 amide bonds. The first kappa shape index (κ1) is 15.3. The van der Waals surface area contributed by atoms with Gasteiger partial charge in [-0.3, -0.25) is 4.90 Å². The molecule has 2 nitrogen and oxygen atoms in total. The van der Waals surface area contributed by atoms with Gasteiger partial charge in [-0.15, -0.1) is 0 Å². The lowest BCUT2D eigenvalue weighted by molar-refractivity contribution is -0.0175. The highest BCUT2D eigenvalue weighted by atomic mass is 35.5. The summed E-state index contributed by atoms with van der Waals surface area (Å²) in [5, 5.41) is 11.3. The van der Waals surface area contributed by atoms with E-state index in [9.17, 15) is 9.50 Å². The third-order valence-corrected chi connectivity index (χ3v) is 5.49. The Kier molecular flexibility index (Phi) is 4.53. The Labute approximate surface area is 130 Å². The summed E-state index contributed by atoms with van der Waals surface area (Å²) in [5.41, 5.74) is 0.431. The molecule has 3 rings (SSSR count). The monoisotopic (exact) mass is 311 g/mol. The van der Waals surface area contributed by atoms with Crippen LogP contribution in [0, 0.1) is 5.82 Å². The molecule has 0 aromatic heterocycles. The van der Waals surface area contributed by atoms with Crippen LogP contribution < -0.4 is 0 Å². The summed E-state index contributed by atoms with van der Waals surface area (Å²) >= 11 is 5.80. The molecule has 1 saturated carbocycles. The molecule has 1 aliphatic heterocycles. The summed E-state index contributed by atoms with van der Waals surface area (Å²) < 4.78 is 14.0. The predicted octanol–water partition coefficient (Wildman–Crippen LogP) is 3.79. The molecule has 1 aromatic carbocycles. The second-order valence-electron chi connectivity index (χ2n) is 6.46. The SMILES string of the molecule is OC(Cc1ccc(Cl)cc1F)C1(N2CCCC2)CCCC1. The maximum absolute atomic E-state index is 14.0. The molecule has 1 aromatic rings. The van der Waals surface area contributed by atoms with E-state index in [0.29, 0.717) is 17.0 Å². The normalized spacial score (nSPS) is 23.6. The van der Waals surface area contributed by atoms with Crippen LogP contribution in [-0.4, -0.2) is 34.7 Å². The highest BCUT2D eigenvalue weighted by molar-refractivity contribution is 6.30. The molecule has 1 N–H and O–H groups in total. The summed E-state index contributed by atoms with van der Waals surface area (Å²) in [4.78, 5) is 2.46. The summed E-state index contributed by atoms with van der Waals surface area (Å²) in [6.45, 7) is 2.14.